The zero-order valence-corrected chi connectivity index (χ0v) is 14.5. The monoisotopic (exact) mass is 334 g/mol. The van der Waals surface area contributed by atoms with Crippen molar-refractivity contribution in [3.05, 3.63) is 54.4 Å². The predicted octanol–water partition coefficient (Wildman–Crippen LogP) is 2.73. The molecule has 0 radical (unpaired) electrons. The third-order valence-electron chi connectivity index (χ3n) is 3.37. The Kier molecular flexibility index (Phi) is 5.74. The van der Waals surface area contributed by atoms with E-state index in [4.69, 9.17) is 4.74 Å². The Morgan fingerprint density at radius 2 is 1.70 bits per heavy atom. The van der Waals surface area contributed by atoms with Crippen molar-refractivity contribution in [2.75, 3.05) is 13.6 Å². The van der Waals surface area contributed by atoms with E-state index >= 15 is 0 Å². The highest BCUT2D eigenvalue weighted by molar-refractivity contribution is 7.89. The lowest BCUT2D eigenvalue weighted by Crippen LogP contribution is -2.29. The highest BCUT2D eigenvalue weighted by Gasteiger charge is 2.20. The lowest BCUT2D eigenvalue weighted by molar-refractivity contribution is 0.242. The van der Waals surface area contributed by atoms with Crippen LogP contribution in [0.3, 0.4) is 0 Å². The summed E-state index contributed by atoms with van der Waals surface area (Å²) in [5.41, 5.74) is 1.06. The minimum absolute atomic E-state index is 0.0560. The number of hydrogen-bond donors (Lipinski definition) is 0. The topological polar surface area (TPSA) is 59.5 Å². The average molecular weight is 334 g/mol. The summed E-state index contributed by atoms with van der Waals surface area (Å²) in [6.45, 7) is 4.27. The van der Waals surface area contributed by atoms with Gasteiger partial charge in [0.15, 0.2) is 0 Å². The van der Waals surface area contributed by atoms with Crippen molar-refractivity contribution in [1.29, 1.82) is 0 Å². The summed E-state index contributed by atoms with van der Waals surface area (Å²) in [5, 5.41) is 0. The van der Waals surface area contributed by atoms with Crippen LogP contribution in [0.4, 0.5) is 0 Å². The second-order valence-electron chi connectivity index (χ2n) is 5.57. The van der Waals surface area contributed by atoms with E-state index in [9.17, 15) is 8.42 Å². The molecule has 1 aromatic heterocycles. The van der Waals surface area contributed by atoms with Crippen LogP contribution in [0.25, 0.3) is 0 Å². The van der Waals surface area contributed by atoms with Crippen molar-refractivity contribution in [3.63, 3.8) is 0 Å². The molecule has 0 fully saturated rings. The fourth-order valence-electron chi connectivity index (χ4n) is 2.10. The third-order valence-corrected chi connectivity index (χ3v) is 5.24. The molecule has 0 N–H and O–H groups in total. The average Bonchev–Trinajstić information content (AvgIpc) is 2.53. The number of aromatic nitrogens is 1. The Morgan fingerprint density at radius 3 is 2.26 bits per heavy atom. The molecule has 0 atom stereocenters. The second kappa shape index (κ2) is 7.57. The summed E-state index contributed by atoms with van der Waals surface area (Å²) in [7, 11) is -1.90. The minimum Gasteiger partial charge on any atom is -0.491 e. The number of pyridine rings is 1. The molecule has 2 rings (SSSR count). The highest BCUT2D eigenvalue weighted by Crippen LogP contribution is 2.19. The van der Waals surface area contributed by atoms with Crippen LogP contribution < -0.4 is 4.74 Å². The first kappa shape index (κ1) is 17.4. The first-order chi connectivity index (χ1) is 10.9. The molecular formula is C17H22N2O3S. The van der Waals surface area contributed by atoms with Gasteiger partial charge in [0.25, 0.3) is 0 Å². The molecule has 124 valence electrons. The van der Waals surface area contributed by atoms with Gasteiger partial charge >= 0.3 is 0 Å². The van der Waals surface area contributed by atoms with Gasteiger partial charge in [0.1, 0.15) is 5.75 Å². The molecule has 0 spiro atoms. The Morgan fingerprint density at radius 1 is 1.09 bits per heavy atom. The number of benzene rings is 1. The van der Waals surface area contributed by atoms with Gasteiger partial charge in [-0.3, -0.25) is 4.98 Å². The third kappa shape index (κ3) is 4.77. The molecule has 6 heteroatoms. The molecule has 0 aliphatic heterocycles. The van der Waals surface area contributed by atoms with Gasteiger partial charge in [0, 0.05) is 26.0 Å². The van der Waals surface area contributed by atoms with E-state index in [1.165, 1.54) is 4.31 Å². The molecule has 1 aromatic carbocycles. The molecule has 5 nitrogen and oxygen atoms in total. The fourth-order valence-corrected chi connectivity index (χ4v) is 3.27. The van der Waals surface area contributed by atoms with E-state index in [0.29, 0.717) is 18.7 Å². The zero-order valence-electron chi connectivity index (χ0n) is 13.6. The summed E-state index contributed by atoms with van der Waals surface area (Å²) in [4.78, 5) is 4.22. The Hall–Kier alpha value is -1.92. The molecule has 0 unspecified atom stereocenters. The molecular weight excluding hydrogens is 312 g/mol. The maximum atomic E-state index is 12.6. The molecule has 0 saturated heterocycles. The van der Waals surface area contributed by atoms with Gasteiger partial charge in [0.2, 0.25) is 10.0 Å². The quantitative estimate of drug-likeness (QED) is 0.781. The first-order valence-electron chi connectivity index (χ1n) is 7.51. The maximum Gasteiger partial charge on any atom is 0.242 e. The van der Waals surface area contributed by atoms with E-state index in [0.717, 1.165) is 5.56 Å². The molecule has 0 aliphatic carbocycles. The van der Waals surface area contributed by atoms with Gasteiger partial charge in [0.05, 0.1) is 11.0 Å². The fraction of sp³-hybridized carbons (Fsp3) is 0.353. The van der Waals surface area contributed by atoms with Crippen LogP contribution in [-0.4, -0.2) is 37.4 Å². The van der Waals surface area contributed by atoms with Gasteiger partial charge < -0.3 is 4.74 Å². The standard InChI is InChI=1S/C17H22N2O3S/c1-14(2)22-16-4-6-17(7-5-16)23(20,21)19(3)13-10-15-8-11-18-12-9-15/h4-9,11-12,14H,10,13H2,1-3H3. The van der Waals surface area contributed by atoms with Crippen LogP contribution in [0.5, 0.6) is 5.75 Å². The van der Waals surface area contributed by atoms with Gasteiger partial charge in [-0.05, 0) is 62.2 Å². The van der Waals surface area contributed by atoms with E-state index in [2.05, 4.69) is 4.98 Å². The van der Waals surface area contributed by atoms with Crippen LogP contribution in [0.2, 0.25) is 0 Å². The number of rotatable bonds is 7. The van der Waals surface area contributed by atoms with Crippen LogP contribution >= 0.6 is 0 Å². The van der Waals surface area contributed by atoms with Crippen molar-refractivity contribution in [1.82, 2.24) is 9.29 Å². The highest BCUT2D eigenvalue weighted by atomic mass is 32.2. The van der Waals surface area contributed by atoms with E-state index < -0.39 is 10.0 Å². The zero-order chi connectivity index (χ0) is 16.9. The van der Waals surface area contributed by atoms with Crippen LogP contribution in [0.1, 0.15) is 19.4 Å². The molecule has 23 heavy (non-hydrogen) atoms. The van der Waals surface area contributed by atoms with Crippen LogP contribution in [-0.2, 0) is 16.4 Å². The lowest BCUT2D eigenvalue weighted by Gasteiger charge is -2.17. The summed E-state index contributed by atoms with van der Waals surface area (Å²) < 4.78 is 32.0. The number of ether oxygens (including phenoxy) is 1. The molecule has 0 saturated carbocycles. The van der Waals surface area contributed by atoms with E-state index in [1.807, 2.05) is 26.0 Å². The SMILES string of the molecule is CC(C)Oc1ccc(S(=O)(=O)N(C)CCc2ccncc2)cc1. The maximum absolute atomic E-state index is 12.6. The Balaban J connectivity index is 2.04. The summed E-state index contributed by atoms with van der Waals surface area (Å²) in [5.74, 6) is 0.665. The van der Waals surface area contributed by atoms with Gasteiger partial charge in [-0.1, -0.05) is 0 Å². The number of nitrogens with zero attached hydrogens (tertiary/aromatic N) is 2. The minimum atomic E-state index is -3.49. The number of sulfonamides is 1. The Bertz CT molecular complexity index is 713. The molecule has 0 amide bonds. The molecule has 2 aromatic rings. The number of hydrogen-bond acceptors (Lipinski definition) is 4. The van der Waals surface area contributed by atoms with Crippen LogP contribution in [0.15, 0.2) is 53.7 Å². The summed E-state index contributed by atoms with van der Waals surface area (Å²) >= 11 is 0. The van der Waals surface area contributed by atoms with Crippen molar-refractivity contribution >= 4 is 10.0 Å². The smallest absolute Gasteiger partial charge is 0.242 e. The van der Waals surface area contributed by atoms with Gasteiger partial charge in [-0.2, -0.15) is 0 Å². The molecule has 0 aliphatic rings. The van der Waals surface area contributed by atoms with Crippen molar-refractivity contribution in [2.24, 2.45) is 0 Å². The molecule has 0 bridgehead atoms. The largest absolute Gasteiger partial charge is 0.491 e. The summed E-state index contributed by atoms with van der Waals surface area (Å²) in [6, 6.07) is 10.3. The van der Waals surface area contributed by atoms with Crippen LogP contribution in [0, 0.1) is 0 Å². The summed E-state index contributed by atoms with van der Waals surface area (Å²) in [6.07, 6.45) is 4.11. The normalized spacial score (nSPS) is 11.9. The lowest BCUT2D eigenvalue weighted by atomic mass is 10.2. The van der Waals surface area contributed by atoms with E-state index in [1.54, 1.807) is 43.7 Å². The Labute approximate surface area is 138 Å². The molecule has 1 heterocycles. The van der Waals surface area contributed by atoms with Gasteiger partial charge in [-0.15, -0.1) is 0 Å². The number of likely N-dealkylation sites (N-methyl/N-ethyl adjacent to an activating group) is 1. The van der Waals surface area contributed by atoms with Crippen molar-refractivity contribution < 1.29 is 13.2 Å². The first-order valence-corrected chi connectivity index (χ1v) is 8.95. The predicted molar refractivity (Wildman–Crippen MR) is 90.0 cm³/mol. The van der Waals surface area contributed by atoms with Gasteiger partial charge in [-0.25, -0.2) is 12.7 Å². The second-order valence-corrected chi connectivity index (χ2v) is 7.61. The van der Waals surface area contributed by atoms with E-state index in [-0.39, 0.29) is 11.0 Å². The van der Waals surface area contributed by atoms with Crippen molar-refractivity contribution in [2.45, 2.75) is 31.3 Å². The van der Waals surface area contributed by atoms with Crippen molar-refractivity contribution in [3.8, 4) is 5.75 Å².